The molecule has 0 aliphatic heterocycles. The summed E-state index contributed by atoms with van der Waals surface area (Å²) in [6, 6.07) is 15.9. The van der Waals surface area contributed by atoms with Crippen molar-refractivity contribution < 1.29 is 27.5 Å². The fourth-order valence-corrected chi connectivity index (χ4v) is 8.81. The highest BCUT2D eigenvalue weighted by atomic mass is 28.4. The quantitative estimate of drug-likeness (QED) is 0.0446. The molecule has 2 aromatic carbocycles. The fourth-order valence-electron chi connectivity index (χ4n) is 6.20. The minimum atomic E-state index is -2.63. The van der Waals surface area contributed by atoms with Gasteiger partial charge in [0.1, 0.15) is 11.5 Å². The van der Waals surface area contributed by atoms with Crippen molar-refractivity contribution in [1.82, 2.24) is 5.32 Å². The largest absolute Gasteiger partial charge is 0.500 e. The Morgan fingerprint density at radius 3 is 1.87 bits per heavy atom. The van der Waals surface area contributed by atoms with Crippen LogP contribution < -0.4 is 14.8 Å². The number of amides is 1. The molecule has 0 heterocycles. The highest BCUT2D eigenvalue weighted by Gasteiger charge is 2.39. The molecule has 0 bridgehead atoms. The van der Waals surface area contributed by atoms with Gasteiger partial charge in [0.2, 0.25) is 5.91 Å². The third-order valence-corrected chi connectivity index (χ3v) is 12.3. The molecule has 7 nitrogen and oxygen atoms in total. The number of unbranched alkanes of at least 4 members (excludes halogenated alkanes) is 11. The standard InChI is InChI=1S/C44H73NO6Si/c1-6-11-13-21-35-47-42-33-32-41(31-30-40-28-26-39(27-29-40)24-12-7-2)43(38-42)48-36-22-19-17-15-14-16-18-20-25-44(46)45-34-23-37-52(49-8-3,50-9-4)51-10-5/h26-33,38H,6-25,34-37H2,1-5H3,(H,45,46)/b31-30+. The van der Waals surface area contributed by atoms with Crippen molar-refractivity contribution >= 4 is 26.9 Å². The number of nitrogens with one attached hydrogen (secondary N) is 1. The molecule has 0 saturated carbocycles. The molecule has 1 amide bonds. The summed E-state index contributed by atoms with van der Waals surface area (Å²) < 4.78 is 30.1. The van der Waals surface area contributed by atoms with E-state index in [1.165, 1.54) is 68.9 Å². The topological polar surface area (TPSA) is 75.3 Å². The van der Waals surface area contributed by atoms with Crippen LogP contribution in [0.4, 0.5) is 0 Å². The number of aryl methyl sites for hydroxylation is 1. The second-order valence-corrected chi connectivity index (χ2v) is 16.4. The lowest BCUT2D eigenvalue weighted by Crippen LogP contribution is -2.46. The first kappa shape index (κ1) is 45.5. The first-order valence-electron chi connectivity index (χ1n) is 20.8. The van der Waals surface area contributed by atoms with Gasteiger partial charge in [-0.05, 0) is 82.6 Å². The summed E-state index contributed by atoms with van der Waals surface area (Å²) in [4.78, 5) is 12.3. The van der Waals surface area contributed by atoms with E-state index in [1.54, 1.807) is 0 Å². The predicted octanol–water partition coefficient (Wildman–Crippen LogP) is 11.6. The van der Waals surface area contributed by atoms with Crippen LogP contribution in [0.3, 0.4) is 0 Å². The maximum atomic E-state index is 12.3. The van der Waals surface area contributed by atoms with Crippen LogP contribution in [0.2, 0.25) is 6.04 Å². The Morgan fingerprint density at radius 1 is 0.635 bits per heavy atom. The van der Waals surface area contributed by atoms with Crippen molar-refractivity contribution in [3.8, 4) is 11.5 Å². The summed E-state index contributed by atoms with van der Waals surface area (Å²) in [5.41, 5.74) is 3.68. The van der Waals surface area contributed by atoms with Gasteiger partial charge in [-0.15, -0.1) is 0 Å². The van der Waals surface area contributed by atoms with E-state index in [1.807, 2.05) is 20.8 Å². The van der Waals surface area contributed by atoms with Gasteiger partial charge in [-0.25, -0.2) is 0 Å². The van der Waals surface area contributed by atoms with Gasteiger partial charge in [0, 0.05) is 50.5 Å². The zero-order valence-corrected chi connectivity index (χ0v) is 34.6. The summed E-state index contributed by atoms with van der Waals surface area (Å²) in [6.07, 6.45) is 23.2. The Labute approximate surface area is 319 Å². The zero-order valence-electron chi connectivity index (χ0n) is 33.6. The molecule has 8 heteroatoms. The van der Waals surface area contributed by atoms with Gasteiger partial charge in [-0.3, -0.25) is 4.79 Å². The summed E-state index contributed by atoms with van der Waals surface area (Å²) in [5, 5.41) is 3.06. The van der Waals surface area contributed by atoms with Gasteiger partial charge in [0.25, 0.3) is 0 Å². The van der Waals surface area contributed by atoms with Crippen molar-refractivity contribution in [3.05, 3.63) is 59.2 Å². The van der Waals surface area contributed by atoms with E-state index in [9.17, 15) is 4.79 Å². The maximum Gasteiger partial charge on any atom is 0.500 e. The molecule has 52 heavy (non-hydrogen) atoms. The van der Waals surface area contributed by atoms with Gasteiger partial charge >= 0.3 is 8.80 Å². The second kappa shape index (κ2) is 29.8. The molecule has 0 saturated heterocycles. The van der Waals surface area contributed by atoms with Crippen LogP contribution in [0.15, 0.2) is 42.5 Å². The van der Waals surface area contributed by atoms with Crippen molar-refractivity contribution in [2.24, 2.45) is 0 Å². The van der Waals surface area contributed by atoms with Crippen LogP contribution in [0.1, 0.15) is 154 Å². The predicted molar refractivity (Wildman–Crippen MR) is 220 cm³/mol. The number of carbonyl (C=O) groups is 1. The summed E-state index contributed by atoms with van der Waals surface area (Å²) >= 11 is 0. The SMILES string of the molecule is CCCCCCOc1ccc(/C=C/c2ccc(CCCC)cc2)c(OCCCCCCCCCCC(=O)NCCC[Si](OCC)(OCC)OCC)c1. The molecular weight excluding hydrogens is 667 g/mol. The Kier molecular flexibility index (Phi) is 26.0. The smallest absolute Gasteiger partial charge is 0.493 e. The summed E-state index contributed by atoms with van der Waals surface area (Å²) in [7, 11) is -2.63. The molecule has 0 aromatic heterocycles. The summed E-state index contributed by atoms with van der Waals surface area (Å²) in [5.74, 6) is 1.91. The van der Waals surface area contributed by atoms with E-state index in [4.69, 9.17) is 22.8 Å². The van der Waals surface area contributed by atoms with E-state index in [0.717, 1.165) is 74.7 Å². The van der Waals surface area contributed by atoms with Crippen LogP contribution >= 0.6 is 0 Å². The lowest BCUT2D eigenvalue weighted by Gasteiger charge is -2.28. The Balaban J connectivity index is 1.67. The molecule has 2 aromatic rings. The monoisotopic (exact) mass is 740 g/mol. The Morgan fingerprint density at radius 2 is 1.23 bits per heavy atom. The summed E-state index contributed by atoms with van der Waals surface area (Å²) in [6.45, 7) is 14.2. The van der Waals surface area contributed by atoms with Crippen LogP contribution in [-0.4, -0.2) is 54.3 Å². The zero-order chi connectivity index (χ0) is 37.5. The molecule has 1 N–H and O–H groups in total. The lowest BCUT2D eigenvalue weighted by atomic mass is 10.1. The average Bonchev–Trinajstić information content (AvgIpc) is 3.15. The van der Waals surface area contributed by atoms with Crippen LogP contribution in [0, 0.1) is 0 Å². The molecule has 0 unspecified atom stereocenters. The second-order valence-electron chi connectivity index (χ2n) is 13.6. The van der Waals surface area contributed by atoms with E-state index < -0.39 is 8.80 Å². The molecule has 0 aliphatic rings. The van der Waals surface area contributed by atoms with Gasteiger partial charge in [-0.2, -0.15) is 0 Å². The van der Waals surface area contributed by atoms with E-state index >= 15 is 0 Å². The first-order valence-corrected chi connectivity index (χ1v) is 22.8. The third kappa shape index (κ3) is 20.6. The molecule has 2 rings (SSSR count). The number of benzene rings is 2. The van der Waals surface area contributed by atoms with Crippen molar-refractivity contribution in [2.75, 3.05) is 39.6 Å². The molecule has 294 valence electrons. The highest BCUT2D eigenvalue weighted by Crippen LogP contribution is 2.28. The highest BCUT2D eigenvalue weighted by molar-refractivity contribution is 6.60. The number of carbonyl (C=O) groups excluding carboxylic acids is 1. The molecule has 0 aliphatic carbocycles. The molecule has 0 radical (unpaired) electrons. The molecular formula is C44H73NO6Si. The maximum absolute atomic E-state index is 12.3. The Hall–Kier alpha value is -2.65. The molecule has 0 fully saturated rings. The van der Waals surface area contributed by atoms with Crippen molar-refractivity contribution in [1.29, 1.82) is 0 Å². The van der Waals surface area contributed by atoms with Crippen LogP contribution in [-0.2, 0) is 24.5 Å². The van der Waals surface area contributed by atoms with E-state index in [0.29, 0.717) is 39.4 Å². The van der Waals surface area contributed by atoms with E-state index in [2.05, 4.69) is 73.8 Å². The fraction of sp³-hybridized carbons (Fsp3) is 0.659. The van der Waals surface area contributed by atoms with Crippen LogP contribution in [0.5, 0.6) is 11.5 Å². The number of hydrogen-bond acceptors (Lipinski definition) is 6. The minimum absolute atomic E-state index is 0.135. The van der Waals surface area contributed by atoms with Crippen molar-refractivity contribution in [3.63, 3.8) is 0 Å². The number of hydrogen-bond donors (Lipinski definition) is 1. The first-order chi connectivity index (χ1) is 25.5. The third-order valence-electron chi connectivity index (χ3n) is 9.14. The minimum Gasteiger partial charge on any atom is -0.493 e. The normalized spacial score (nSPS) is 11.7. The van der Waals surface area contributed by atoms with Gasteiger partial charge in [0.15, 0.2) is 0 Å². The van der Waals surface area contributed by atoms with Crippen LogP contribution in [0.25, 0.3) is 12.2 Å². The van der Waals surface area contributed by atoms with E-state index in [-0.39, 0.29) is 5.91 Å². The van der Waals surface area contributed by atoms with Crippen molar-refractivity contribution in [2.45, 2.75) is 150 Å². The van der Waals surface area contributed by atoms with Gasteiger partial charge in [0.05, 0.1) is 13.2 Å². The number of rotatable bonds is 33. The lowest BCUT2D eigenvalue weighted by molar-refractivity contribution is -0.121. The Bertz CT molecular complexity index is 1190. The average molecular weight is 740 g/mol. The van der Waals surface area contributed by atoms with Gasteiger partial charge in [-0.1, -0.05) is 114 Å². The molecule has 0 atom stereocenters. The van der Waals surface area contributed by atoms with Gasteiger partial charge < -0.3 is 28.1 Å². The number of ether oxygens (including phenoxy) is 2. The molecule has 0 spiro atoms.